The van der Waals surface area contributed by atoms with Crippen molar-refractivity contribution in [3.63, 3.8) is 0 Å². The normalized spacial score (nSPS) is 10.9. The average Bonchev–Trinajstić information content (AvgIpc) is 2.54. The Morgan fingerprint density at radius 3 is 2.93 bits per heavy atom. The van der Waals surface area contributed by atoms with Crippen LogP contribution in [0.3, 0.4) is 0 Å². The average molecular weight is 232 g/mol. The summed E-state index contributed by atoms with van der Waals surface area (Å²) in [6.07, 6.45) is 2.72. The lowest BCUT2D eigenvalue weighted by molar-refractivity contribution is 0.194. The summed E-state index contributed by atoms with van der Waals surface area (Å²) in [7, 11) is 1.72. The molecule has 1 rings (SSSR count). The Morgan fingerprint density at radius 2 is 2.33 bits per heavy atom. The van der Waals surface area contributed by atoms with Gasteiger partial charge in [0, 0.05) is 20.3 Å². The highest BCUT2D eigenvalue weighted by atomic mass is 35.5. The first-order chi connectivity index (χ1) is 7.25. The van der Waals surface area contributed by atoms with Crippen LogP contribution in [0.5, 0.6) is 0 Å². The van der Waals surface area contributed by atoms with Gasteiger partial charge in [0.05, 0.1) is 23.5 Å². The molecule has 4 nitrogen and oxygen atoms in total. The lowest BCUT2D eigenvalue weighted by atomic mass is 10.4. The Balaban J connectivity index is 2.12. The highest BCUT2D eigenvalue weighted by molar-refractivity contribution is 6.31. The Labute approximate surface area is 95.6 Å². The molecule has 0 saturated heterocycles. The van der Waals surface area contributed by atoms with Gasteiger partial charge in [-0.3, -0.25) is 4.68 Å². The second-order valence-electron chi connectivity index (χ2n) is 3.40. The summed E-state index contributed by atoms with van der Waals surface area (Å²) < 4.78 is 6.86. The number of hydrogen-bond donors (Lipinski definition) is 1. The molecule has 1 heterocycles. The topological polar surface area (TPSA) is 39.1 Å². The minimum Gasteiger partial charge on any atom is -0.385 e. The van der Waals surface area contributed by atoms with Gasteiger partial charge in [0.15, 0.2) is 0 Å². The zero-order valence-corrected chi connectivity index (χ0v) is 10.0. The molecule has 0 saturated carbocycles. The molecule has 0 aliphatic heterocycles. The van der Waals surface area contributed by atoms with Crippen LogP contribution in [0.4, 0.5) is 0 Å². The molecule has 0 aliphatic rings. The van der Waals surface area contributed by atoms with Gasteiger partial charge in [0.25, 0.3) is 0 Å². The highest BCUT2D eigenvalue weighted by Gasteiger charge is 2.02. The van der Waals surface area contributed by atoms with Crippen LogP contribution in [0.15, 0.2) is 6.20 Å². The number of rotatable bonds is 7. The Bertz CT molecular complexity index is 288. The summed E-state index contributed by atoms with van der Waals surface area (Å²) in [5.41, 5.74) is 1.02. The zero-order chi connectivity index (χ0) is 11.1. The van der Waals surface area contributed by atoms with E-state index in [1.54, 1.807) is 13.3 Å². The number of halogens is 1. The minimum absolute atomic E-state index is 0.731. The van der Waals surface area contributed by atoms with E-state index in [-0.39, 0.29) is 0 Å². The third kappa shape index (κ3) is 4.20. The van der Waals surface area contributed by atoms with Crippen LogP contribution in [0.25, 0.3) is 0 Å². The van der Waals surface area contributed by atoms with Crippen LogP contribution in [-0.4, -0.2) is 36.6 Å². The number of aromatic nitrogens is 2. The molecule has 5 heteroatoms. The summed E-state index contributed by atoms with van der Waals surface area (Å²) in [5, 5.41) is 8.22. The van der Waals surface area contributed by atoms with Crippen molar-refractivity contribution in [1.82, 2.24) is 15.1 Å². The standard InChI is InChI=1S/C10H18ClN3O/c1-9-10(11)8-13-14(9)6-5-12-4-3-7-15-2/h8,12H,3-7H2,1-2H3. The quantitative estimate of drug-likeness (QED) is 0.723. The van der Waals surface area contributed by atoms with Gasteiger partial charge in [0.2, 0.25) is 0 Å². The molecule has 0 fully saturated rings. The van der Waals surface area contributed by atoms with Crippen LogP contribution in [0.2, 0.25) is 5.02 Å². The van der Waals surface area contributed by atoms with Crippen molar-refractivity contribution in [2.75, 3.05) is 26.8 Å². The third-order valence-electron chi connectivity index (χ3n) is 2.25. The molecule has 0 bridgehead atoms. The van der Waals surface area contributed by atoms with Crippen LogP contribution < -0.4 is 5.32 Å². The Morgan fingerprint density at radius 1 is 1.53 bits per heavy atom. The molecule has 86 valence electrons. The number of hydrogen-bond acceptors (Lipinski definition) is 3. The molecule has 0 unspecified atom stereocenters. The van der Waals surface area contributed by atoms with Crippen molar-refractivity contribution >= 4 is 11.6 Å². The summed E-state index contributed by atoms with van der Waals surface area (Å²) in [6.45, 7) is 5.51. The monoisotopic (exact) mass is 231 g/mol. The smallest absolute Gasteiger partial charge is 0.0814 e. The molecule has 0 spiro atoms. The fourth-order valence-electron chi connectivity index (χ4n) is 1.30. The van der Waals surface area contributed by atoms with Gasteiger partial charge < -0.3 is 10.1 Å². The van der Waals surface area contributed by atoms with Gasteiger partial charge in [0.1, 0.15) is 0 Å². The molecule has 15 heavy (non-hydrogen) atoms. The predicted octanol–water partition coefficient (Wildman–Crippen LogP) is 1.47. The van der Waals surface area contributed by atoms with Crippen molar-refractivity contribution in [2.45, 2.75) is 19.9 Å². The molecule has 0 aromatic carbocycles. The predicted molar refractivity (Wildman–Crippen MR) is 61.3 cm³/mol. The fourth-order valence-corrected chi connectivity index (χ4v) is 1.44. The first-order valence-electron chi connectivity index (χ1n) is 5.13. The van der Waals surface area contributed by atoms with E-state index in [1.807, 2.05) is 11.6 Å². The van der Waals surface area contributed by atoms with Crippen LogP contribution in [-0.2, 0) is 11.3 Å². The minimum atomic E-state index is 0.731. The first kappa shape index (κ1) is 12.5. The second kappa shape index (κ2) is 6.82. The van der Waals surface area contributed by atoms with E-state index in [9.17, 15) is 0 Å². The SMILES string of the molecule is COCCCNCCn1ncc(Cl)c1C. The summed E-state index contributed by atoms with van der Waals surface area (Å²) >= 11 is 5.89. The van der Waals surface area contributed by atoms with E-state index < -0.39 is 0 Å². The van der Waals surface area contributed by atoms with Crippen molar-refractivity contribution in [2.24, 2.45) is 0 Å². The Hall–Kier alpha value is -0.580. The first-order valence-corrected chi connectivity index (χ1v) is 5.51. The summed E-state index contributed by atoms with van der Waals surface area (Å²) in [4.78, 5) is 0. The molecular weight excluding hydrogens is 214 g/mol. The van der Waals surface area contributed by atoms with E-state index in [0.29, 0.717) is 0 Å². The highest BCUT2D eigenvalue weighted by Crippen LogP contribution is 2.12. The van der Waals surface area contributed by atoms with Crippen molar-refractivity contribution < 1.29 is 4.74 Å². The van der Waals surface area contributed by atoms with E-state index in [4.69, 9.17) is 16.3 Å². The van der Waals surface area contributed by atoms with E-state index in [1.165, 1.54) is 0 Å². The van der Waals surface area contributed by atoms with E-state index in [0.717, 1.165) is 43.4 Å². The summed E-state index contributed by atoms with van der Waals surface area (Å²) in [6, 6.07) is 0. The van der Waals surface area contributed by atoms with Crippen molar-refractivity contribution in [3.8, 4) is 0 Å². The van der Waals surface area contributed by atoms with Gasteiger partial charge in [-0.1, -0.05) is 11.6 Å². The summed E-state index contributed by atoms with van der Waals surface area (Å²) in [5.74, 6) is 0. The number of ether oxygens (including phenoxy) is 1. The van der Waals surface area contributed by atoms with E-state index in [2.05, 4.69) is 10.4 Å². The van der Waals surface area contributed by atoms with Crippen molar-refractivity contribution in [3.05, 3.63) is 16.9 Å². The second-order valence-corrected chi connectivity index (χ2v) is 3.80. The number of methoxy groups -OCH3 is 1. The van der Waals surface area contributed by atoms with Gasteiger partial charge >= 0.3 is 0 Å². The molecule has 1 aromatic rings. The maximum atomic E-state index is 5.89. The third-order valence-corrected chi connectivity index (χ3v) is 2.62. The largest absolute Gasteiger partial charge is 0.385 e. The fraction of sp³-hybridized carbons (Fsp3) is 0.700. The Kier molecular flexibility index (Phi) is 5.68. The lowest BCUT2D eigenvalue weighted by Crippen LogP contribution is -2.22. The lowest BCUT2D eigenvalue weighted by Gasteiger charge is -2.06. The van der Waals surface area contributed by atoms with Crippen LogP contribution >= 0.6 is 11.6 Å². The zero-order valence-electron chi connectivity index (χ0n) is 9.29. The molecule has 0 aliphatic carbocycles. The van der Waals surface area contributed by atoms with Crippen LogP contribution in [0, 0.1) is 6.92 Å². The maximum absolute atomic E-state index is 5.89. The molecule has 0 amide bonds. The molecule has 0 atom stereocenters. The van der Waals surface area contributed by atoms with Gasteiger partial charge in [-0.2, -0.15) is 5.10 Å². The molecule has 1 N–H and O–H groups in total. The molecule has 0 radical (unpaired) electrons. The van der Waals surface area contributed by atoms with Gasteiger partial charge in [-0.25, -0.2) is 0 Å². The molecule has 1 aromatic heterocycles. The van der Waals surface area contributed by atoms with Gasteiger partial charge in [-0.05, 0) is 19.9 Å². The van der Waals surface area contributed by atoms with E-state index >= 15 is 0 Å². The number of nitrogens with zero attached hydrogens (tertiary/aromatic N) is 2. The van der Waals surface area contributed by atoms with Crippen LogP contribution in [0.1, 0.15) is 12.1 Å². The van der Waals surface area contributed by atoms with Gasteiger partial charge in [-0.15, -0.1) is 0 Å². The maximum Gasteiger partial charge on any atom is 0.0814 e. The molecular formula is C10H18ClN3O. The van der Waals surface area contributed by atoms with Crippen molar-refractivity contribution in [1.29, 1.82) is 0 Å². The number of nitrogens with one attached hydrogen (secondary N) is 1.